The Balaban J connectivity index is 1.88. The third-order valence-electron chi connectivity index (χ3n) is 3.49. The van der Waals surface area contributed by atoms with Crippen molar-refractivity contribution < 1.29 is 14.6 Å². The summed E-state index contributed by atoms with van der Waals surface area (Å²) in [4.78, 5) is 0. The van der Waals surface area contributed by atoms with Crippen molar-refractivity contribution in [1.82, 2.24) is 0 Å². The first-order valence-electron chi connectivity index (χ1n) is 6.95. The summed E-state index contributed by atoms with van der Waals surface area (Å²) >= 11 is 3.41. The largest absolute Gasteiger partial charge is 0.496 e. The van der Waals surface area contributed by atoms with Gasteiger partial charge < -0.3 is 14.6 Å². The van der Waals surface area contributed by atoms with Crippen LogP contribution in [0, 0.1) is 0 Å². The van der Waals surface area contributed by atoms with Gasteiger partial charge in [-0.05, 0) is 42.7 Å². The molecule has 0 radical (unpaired) electrons. The molecule has 3 nitrogen and oxygen atoms in total. The Kier molecular flexibility index (Phi) is 4.17. The summed E-state index contributed by atoms with van der Waals surface area (Å²) in [6.45, 7) is 0. The highest BCUT2D eigenvalue weighted by Crippen LogP contribution is 2.34. The van der Waals surface area contributed by atoms with Crippen LogP contribution in [0.3, 0.4) is 0 Å². The first-order valence-corrected chi connectivity index (χ1v) is 7.75. The molecule has 0 amide bonds. The average Bonchev–Trinajstić information content (AvgIpc) is 3.30. The second kappa shape index (κ2) is 6.08. The standard InChI is InChI=1S/C17H17BrO3/c1-20-16-10-12(18)5-8-15(16)17(19)11-3-2-4-14(9-11)21-13-6-7-13/h2-5,8-10,13,17,19H,6-7H2,1H3. The van der Waals surface area contributed by atoms with Crippen LogP contribution in [0.5, 0.6) is 11.5 Å². The van der Waals surface area contributed by atoms with E-state index in [4.69, 9.17) is 9.47 Å². The molecule has 2 aromatic carbocycles. The molecule has 1 fully saturated rings. The lowest BCUT2D eigenvalue weighted by molar-refractivity contribution is 0.213. The molecule has 1 atom stereocenters. The Morgan fingerprint density at radius 1 is 1.19 bits per heavy atom. The van der Waals surface area contributed by atoms with Crippen LogP contribution >= 0.6 is 15.9 Å². The summed E-state index contributed by atoms with van der Waals surface area (Å²) in [6, 6.07) is 13.2. The van der Waals surface area contributed by atoms with E-state index < -0.39 is 6.10 Å². The number of benzene rings is 2. The van der Waals surface area contributed by atoms with E-state index in [1.807, 2.05) is 42.5 Å². The number of aliphatic hydroxyl groups is 1. The van der Waals surface area contributed by atoms with Crippen LogP contribution in [-0.2, 0) is 0 Å². The Labute approximate surface area is 132 Å². The predicted octanol–water partition coefficient (Wildman–Crippen LogP) is 4.08. The van der Waals surface area contributed by atoms with Gasteiger partial charge in [-0.3, -0.25) is 0 Å². The second-order valence-electron chi connectivity index (χ2n) is 5.18. The zero-order chi connectivity index (χ0) is 14.8. The maximum absolute atomic E-state index is 10.6. The number of hydrogen-bond donors (Lipinski definition) is 1. The molecule has 0 bridgehead atoms. The molecule has 21 heavy (non-hydrogen) atoms. The summed E-state index contributed by atoms with van der Waals surface area (Å²) in [5.41, 5.74) is 1.54. The Morgan fingerprint density at radius 2 is 2.00 bits per heavy atom. The van der Waals surface area contributed by atoms with E-state index >= 15 is 0 Å². The van der Waals surface area contributed by atoms with Crippen molar-refractivity contribution in [3.05, 3.63) is 58.1 Å². The monoisotopic (exact) mass is 348 g/mol. The Hall–Kier alpha value is -1.52. The topological polar surface area (TPSA) is 38.7 Å². The molecule has 0 aromatic heterocycles. The smallest absolute Gasteiger partial charge is 0.126 e. The van der Waals surface area contributed by atoms with E-state index in [1.54, 1.807) is 7.11 Å². The quantitative estimate of drug-likeness (QED) is 0.884. The molecule has 1 N–H and O–H groups in total. The maximum atomic E-state index is 10.6. The van der Waals surface area contributed by atoms with Crippen LogP contribution in [0.2, 0.25) is 0 Å². The molecule has 1 aliphatic rings. The number of ether oxygens (including phenoxy) is 2. The van der Waals surface area contributed by atoms with Crippen molar-refractivity contribution in [2.45, 2.75) is 25.0 Å². The lowest BCUT2D eigenvalue weighted by atomic mass is 10.0. The van der Waals surface area contributed by atoms with Gasteiger partial charge in [0.05, 0.1) is 13.2 Å². The van der Waals surface area contributed by atoms with Gasteiger partial charge in [-0.2, -0.15) is 0 Å². The molecule has 0 heterocycles. The predicted molar refractivity (Wildman–Crippen MR) is 84.8 cm³/mol. The molecular formula is C17H17BrO3. The number of rotatable bonds is 5. The molecule has 1 saturated carbocycles. The van der Waals surface area contributed by atoms with Crippen molar-refractivity contribution in [3.63, 3.8) is 0 Å². The van der Waals surface area contributed by atoms with E-state index in [0.29, 0.717) is 11.9 Å². The lowest BCUT2D eigenvalue weighted by Gasteiger charge is -2.16. The Bertz CT molecular complexity index is 638. The minimum atomic E-state index is -0.740. The fourth-order valence-corrected chi connectivity index (χ4v) is 2.57. The summed E-state index contributed by atoms with van der Waals surface area (Å²) in [5, 5.41) is 10.6. The molecular weight excluding hydrogens is 332 g/mol. The summed E-state index contributed by atoms with van der Waals surface area (Å²) in [7, 11) is 1.60. The normalized spacial score (nSPS) is 15.6. The summed E-state index contributed by atoms with van der Waals surface area (Å²) in [6.07, 6.45) is 1.84. The highest BCUT2D eigenvalue weighted by Gasteiger charge is 2.24. The van der Waals surface area contributed by atoms with Gasteiger partial charge in [0.15, 0.2) is 0 Å². The minimum absolute atomic E-state index is 0.347. The first-order chi connectivity index (χ1) is 10.2. The van der Waals surface area contributed by atoms with Crippen LogP contribution < -0.4 is 9.47 Å². The molecule has 2 aromatic rings. The van der Waals surface area contributed by atoms with E-state index in [2.05, 4.69) is 15.9 Å². The Morgan fingerprint density at radius 3 is 2.71 bits per heavy atom. The van der Waals surface area contributed by atoms with Crippen molar-refractivity contribution in [1.29, 1.82) is 0 Å². The van der Waals surface area contributed by atoms with Crippen molar-refractivity contribution >= 4 is 15.9 Å². The lowest BCUT2D eigenvalue weighted by Crippen LogP contribution is -2.03. The number of aliphatic hydroxyl groups excluding tert-OH is 1. The highest BCUT2D eigenvalue weighted by molar-refractivity contribution is 9.10. The van der Waals surface area contributed by atoms with E-state index in [1.165, 1.54) is 0 Å². The first kappa shape index (κ1) is 14.4. The molecule has 0 aliphatic heterocycles. The van der Waals surface area contributed by atoms with Crippen LogP contribution in [0.25, 0.3) is 0 Å². The van der Waals surface area contributed by atoms with Crippen molar-refractivity contribution in [2.24, 2.45) is 0 Å². The number of hydrogen-bond acceptors (Lipinski definition) is 3. The second-order valence-corrected chi connectivity index (χ2v) is 6.09. The zero-order valence-corrected chi connectivity index (χ0v) is 13.3. The number of methoxy groups -OCH3 is 1. The zero-order valence-electron chi connectivity index (χ0n) is 11.8. The molecule has 1 aliphatic carbocycles. The molecule has 3 rings (SSSR count). The van der Waals surface area contributed by atoms with Gasteiger partial charge in [0.25, 0.3) is 0 Å². The molecule has 0 spiro atoms. The fraction of sp³-hybridized carbons (Fsp3) is 0.294. The van der Waals surface area contributed by atoms with Gasteiger partial charge in [0.2, 0.25) is 0 Å². The van der Waals surface area contributed by atoms with E-state index in [-0.39, 0.29) is 0 Å². The van der Waals surface area contributed by atoms with E-state index in [9.17, 15) is 5.11 Å². The van der Waals surface area contributed by atoms with Gasteiger partial charge in [-0.1, -0.05) is 34.1 Å². The van der Waals surface area contributed by atoms with Crippen LogP contribution in [-0.4, -0.2) is 18.3 Å². The highest BCUT2D eigenvalue weighted by atomic mass is 79.9. The van der Waals surface area contributed by atoms with Gasteiger partial charge in [0.1, 0.15) is 17.6 Å². The van der Waals surface area contributed by atoms with Gasteiger partial charge >= 0.3 is 0 Å². The summed E-state index contributed by atoms with van der Waals surface area (Å²) in [5.74, 6) is 1.47. The summed E-state index contributed by atoms with van der Waals surface area (Å²) < 4.78 is 12.0. The molecule has 4 heteroatoms. The van der Waals surface area contributed by atoms with Crippen LogP contribution in [0.1, 0.15) is 30.1 Å². The molecule has 1 unspecified atom stereocenters. The minimum Gasteiger partial charge on any atom is -0.496 e. The molecule has 0 saturated heterocycles. The third kappa shape index (κ3) is 3.39. The maximum Gasteiger partial charge on any atom is 0.126 e. The van der Waals surface area contributed by atoms with Crippen LogP contribution in [0.4, 0.5) is 0 Å². The van der Waals surface area contributed by atoms with E-state index in [0.717, 1.165) is 34.2 Å². The van der Waals surface area contributed by atoms with Gasteiger partial charge in [0, 0.05) is 10.0 Å². The number of halogens is 1. The average molecular weight is 349 g/mol. The van der Waals surface area contributed by atoms with Crippen LogP contribution in [0.15, 0.2) is 46.9 Å². The van der Waals surface area contributed by atoms with Crippen molar-refractivity contribution in [3.8, 4) is 11.5 Å². The van der Waals surface area contributed by atoms with Gasteiger partial charge in [-0.15, -0.1) is 0 Å². The molecule has 110 valence electrons. The fourth-order valence-electron chi connectivity index (χ4n) is 2.23. The van der Waals surface area contributed by atoms with Crippen molar-refractivity contribution in [2.75, 3.05) is 7.11 Å². The van der Waals surface area contributed by atoms with Gasteiger partial charge in [-0.25, -0.2) is 0 Å². The third-order valence-corrected chi connectivity index (χ3v) is 3.98. The SMILES string of the molecule is COc1cc(Br)ccc1C(O)c1cccc(OC2CC2)c1.